The van der Waals surface area contributed by atoms with Crippen LogP contribution in [0.5, 0.6) is 11.5 Å². The minimum atomic E-state index is -0.982. The maximum Gasteiger partial charge on any atom is 0.303 e. The Kier molecular flexibility index (Phi) is 8.52. The Hall–Kier alpha value is -3.02. The molecule has 0 radical (unpaired) electrons. The van der Waals surface area contributed by atoms with E-state index in [4.69, 9.17) is 14.6 Å². The number of benzene rings is 2. The van der Waals surface area contributed by atoms with Crippen molar-refractivity contribution >= 4 is 11.9 Å². The van der Waals surface area contributed by atoms with E-state index in [1.807, 2.05) is 37.3 Å². The molecule has 0 atom stereocenters. The van der Waals surface area contributed by atoms with E-state index in [0.29, 0.717) is 31.4 Å². The molecule has 0 spiro atoms. The van der Waals surface area contributed by atoms with Gasteiger partial charge in [-0.05, 0) is 47.7 Å². The zero-order valence-electron chi connectivity index (χ0n) is 17.2. The number of carbonyl (C=O) groups is 2. The number of aliphatic carboxylic acids is 1. The van der Waals surface area contributed by atoms with Gasteiger partial charge in [0.05, 0.1) is 6.42 Å². The van der Waals surface area contributed by atoms with Crippen molar-refractivity contribution in [2.75, 3.05) is 13.2 Å². The number of carboxylic acids is 1. The van der Waals surface area contributed by atoms with Gasteiger partial charge >= 0.3 is 5.97 Å². The molecule has 1 amide bonds. The van der Waals surface area contributed by atoms with Crippen LogP contribution in [0.3, 0.4) is 0 Å². The summed E-state index contributed by atoms with van der Waals surface area (Å²) in [5.41, 5.74) is 3.22. The average Bonchev–Trinajstić information content (AvgIpc) is 2.68. The van der Waals surface area contributed by atoms with Gasteiger partial charge < -0.3 is 19.9 Å². The smallest absolute Gasteiger partial charge is 0.303 e. The second kappa shape index (κ2) is 11.1. The van der Waals surface area contributed by atoms with Gasteiger partial charge in [0.15, 0.2) is 0 Å². The van der Waals surface area contributed by atoms with Gasteiger partial charge in [-0.25, -0.2) is 0 Å². The van der Waals surface area contributed by atoms with Gasteiger partial charge in [-0.2, -0.15) is 0 Å². The molecule has 0 fully saturated rings. The fraction of sp³-hybridized carbons (Fsp3) is 0.391. The first-order valence-corrected chi connectivity index (χ1v) is 9.78. The number of hydrogen-bond donors (Lipinski definition) is 2. The molecule has 0 bridgehead atoms. The first-order valence-electron chi connectivity index (χ1n) is 9.78. The maximum atomic E-state index is 11.6. The first-order chi connectivity index (χ1) is 13.8. The fourth-order valence-electron chi connectivity index (χ4n) is 2.81. The predicted molar refractivity (Wildman–Crippen MR) is 111 cm³/mol. The monoisotopic (exact) mass is 399 g/mol. The zero-order chi connectivity index (χ0) is 21.2. The molecule has 6 heteroatoms. The Bertz CT molecular complexity index is 832. The third kappa shape index (κ3) is 7.86. The van der Waals surface area contributed by atoms with Gasteiger partial charge in [0.25, 0.3) is 0 Å². The molecule has 29 heavy (non-hydrogen) atoms. The number of hydrogen-bond acceptors (Lipinski definition) is 4. The van der Waals surface area contributed by atoms with Crippen LogP contribution in [0.25, 0.3) is 0 Å². The first kappa shape index (κ1) is 22.3. The Labute approximate surface area is 171 Å². The van der Waals surface area contributed by atoms with Gasteiger partial charge in [-0.15, -0.1) is 0 Å². The summed E-state index contributed by atoms with van der Waals surface area (Å²) in [5.74, 6) is 0.699. The highest BCUT2D eigenvalue weighted by atomic mass is 16.5. The van der Waals surface area contributed by atoms with Crippen molar-refractivity contribution in [2.24, 2.45) is 0 Å². The Morgan fingerprint density at radius 2 is 1.79 bits per heavy atom. The van der Waals surface area contributed by atoms with E-state index in [2.05, 4.69) is 31.3 Å². The summed E-state index contributed by atoms with van der Waals surface area (Å²) < 4.78 is 11.7. The summed E-state index contributed by atoms with van der Waals surface area (Å²) in [4.78, 5) is 22.1. The SMILES string of the molecule is Cc1ccc(C(C)C)c(OCCOc2cccc(CNC(=O)CCC(=O)O)c2)c1. The summed E-state index contributed by atoms with van der Waals surface area (Å²) in [7, 11) is 0. The third-order valence-corrected chi connectivity index (χ3v) is 4.35. The molecule has 0 unspecified atom stereocenters. The molecule has 156 valence electrons. The van der Waals surface area contributed by atoms with Crippen molar-refractivity contribution in [1.82, 2.24) is 5.32 Å². The van der Waals surface area contributed by atoms with Crippen LogP contribution in [0.2, 0.25) is 0 Å². The number of rotatable bonds is 11. The molecule has 0 saturated carbocycles. The highest BCUT2D eigenvalue weighted by Crippen LogP contribution is 2.27. The van der Waals surface area contributed by atoms with Gasteiger partial charge in [-0.1, -0.05) is 38.1 Å². The summed E-state index contributed by atoms with van der Waals surface area (Å²) >= 11 is 0. The molecule has 0 aliphatic heterocycles. The molecule has 2 aromatic carbocycles. The number of carbonyl (C=O) groups excluding carboxylic acids is 1. The molecule has 2 rings (SSSR count). The Morgan fingerprint density at radius 3 is 2.52 bits per heavy atom. The van der Waals surface area contributed by atoms with Crippen LogP contribution in [-0.2, 0) is 16.1 Å². The van der Waals surface area contributed by atoms with Crippen LogP contribution in [0.15, 0.2) is 42.5 Å². The standard InChI is InChI=1S/C23H29NO5/c1-16(2)20-8-7-17(3)13-21(20)29-12-11-28-19-6-4-5-18(14-19)15-24-22(25)9-10-23(26)27/h4-8,13-14,16H,9-12,15H2,1-3H3,(H,24,25)(H,26,27). The topological polar surface area (TPSA) is 84.9 Å². The minimum Gasteiger partial charge on any atom is -0.490 e. The lowest BCUT2D eigenvalue weighted by Gasteiger charge is -2.15. The largest absolute Gasteiger partial charge is 0.490 e. The quantitative estimate of drug-likeness (QED) is 0.557. The molecule has 2 aromatic rings. The molecule has 0 aliphatic rings. The third-order valence-electron chi connectivity index (χ3n) is 4.35. The predicted octanol–water partition coefficient (Wildman–Crippen LogP) is 4.06. The fourth-order valence-corrected chi connectivity index (χ4v) is 2.81. The molecule has 0 aromatic heterocycles. The van der Waals surface area contributed by atoms with Crippen molar-refractivity contribution in [2.45, 2.75) is 46.1 Å². The van der Waals surface area contributed by atoms with Crippen LogP contribution < -0.4 is 14.8 Å². The average molecular weight is 399 g/mol. The van der Waals surface area contributed by atoms with Crippen molar-refractivity contribution in [3.8, 4) is 11.5 Å². The van der Waals surface area contributed by atoms with E-state index in [0.717, 1.165) is 16.9 Å². The highest BCUT2D eigenvalue weighted by Gasteiger charge is 2.08. The van der Waals surface area contributed by atoms with Gasteiger partial charge in [-0.3, -0.25) is 9.59 Å². The minimum absolute atomic E-state index is 0.0276. The lowest BCUT2D eigenvalue weighted by molar-refractivity contribution is -0.138. The number of aryl methyl sites for hydroxylation is 1. The van der Waals surface area contributed by atoms with Crippen molar-refractivity contribution in [3.63, 3.8) is 0 Å². The second-order valence-electron chi connectivity index (χ2n) is 7.21. The lowest BCUT2D eigenvalue weighted by atomic mass is 10.0. The number of carboxylic acid groups (broad SMARTS) is 1. The van der Waals surface area contributed by atoms with E-state index in [1.165, 1.54) is 5.56 Å². The summed E-state index contributed by atoms with van der Waals surface area (Å²) in [5, 5.41) is 11.3. The highest BCUT2D eigenvalue weighted by molar-refractivity contribution is 5.80. The van der Waals surface area contributed by atoms with E-state index in [9.17, 15) is 9.59 Å². The van der Waals surface area contributed by atoms with E-state index in [1.54, 1.807) is 0 Å². The molecule has 0 heterocycles. The normalized spacial score (nSPS) is 10.6. The molecular formula is C23H29NO5. The van der Waals surface area contributed by atoms with Crippen molar-refractivity contribution < 1.29 is 24.2 Å². The maximum absolute atomic E-state index is 11.6. The molecule has 6 nitrogen and oxygen atoms in total. The number of nitrogens with one attached hydrogen (secondary N) is 1. The molecular weight excluding hydrogens is 370 g/mol. The molecule has 2 N–H and O–H groups in total. The van der Waals surface area contributed by atoms with Crippen LogP contribution >= 0.6 is 0 Å². The Balaban J connectivity index is 1.80. The molecule has 0 aliphatic carbocycles. The van der Waals surface area contributed by atoms with Gasteiger partial charge in [0.1, 0.15) is 24.7 Å². The van der Waals surface area contributed by atoms with Gasteiger partial charge in [0.2, 0.25) is 5.91 Å². The second-order valence-corrected chi connectivity index (χ2v) is 7.21. The van der Waals surface area contributed by atoms with E-state index in [-0.39, 0.29) is 18.7 Å². The lowest BCUT2D eigenvalue weighted by Crippen LogP contribution is -2.23. The van der Waals surface area contributed by atoms with E-state index < -0.39 is 5.97 Å². The van der Waals surface area contributed by atoms with Gasteiger partial charge in [0, 0.05) is 13.0 Å². The van der Waals surface area contributed by atoms with Crippen LogP contribution in [-0.4, -0.2) is 30.2 Å². The van der Waals surface area contributed by atoms with Crippen molar-refractivity contribution in [1.29, 1.82) is 0 Å². The summed E-state index contributed by atoms with van der Waals surface area (Å²) in [6, 6.07) is 13.7. The summed E-state index contributed by atoms with van der Waals surface area (Å²) in [6.45, 7) is 7.48. The zero-order valence-corrected chi connectivity index (χ0v) is 17.2. The number of amides is 1. The Morgan fingerprint density at radius 1 is 1.03 bits per heavy atom. The van der Waals surface area contributed by atoms with Crippen LogP contribution in [0, 0.1) is 6.92 Å². The van der Waals surface area contributed by atoms with Crippen molar-refractivity contribution in [3.05, 3.63) is 59.2 Å². The van der Waals surface area contributed by atoms with E-state index >= 15 is 0 Å². The van der Waals surface area contributed by atoms with Crippen LogP contribution in [0.4, 0.5) is 0 Å². The summed E-state index contributed by atoms with van der Waals surface area (Å²) in [6.07, 6.45) is -0.200. The number of ether oxygens (including phenoxy) is 2. The van der Waals surface area contributed by atoms with Crippen LogP contribution in [0.1, 0.15) is 49.3 Å². The molecule has 0 saturated heterocycles.